The molecule has 1 aromatic heterocycles. The number of alkyl halides is 1. The third-order valence-corrected chi connectivity index (χ3v) is 4.65. The number of nitrogens with zero attached hydrogens (tertiary/aromatic N) is 2. The van der Waals surface area contributed by atoms with Crippen molar-refractivity contribution in [2.45, 2.75) is 57.9 Å². The molecule has 1 aromatic rings. The molecular weight excluding hydrogens is 387 g/mol. The molecule has 0 bridgehead atoms. The van der Waals surface area contributed by atoms with E-state index in [-0.39, 0.29) is 12.5 Å². The van der Waals surface area contributed by atoms with E-state index >= 15 is 4.39 Å². The van der Waals surface area contributed by atoms with Gasteiger partial charge in [0, 0.05) is 12.3 Å². The molecule has 1 aliphatic heterocycles. The van der Waals surface area contributed by atoms with Crippen LogP contribution in [0, 0.1) is 5.92 Å². The summed E-state index contributed by atoms with van der Waals surface area (Å²) in [5, 5.41) is 20.3. The predicted octanol–water partition coefficient (Wildman–Crippen LogP) is 1.09. The molecular formula is C19H27FN2O7. The second-order valence-corrected chi connectivity index (χ2v) is 7.05. The van der Waals surface area contributed by atoms with Gasteiger partial charge < -0.3 is 24.4 Å². The standard InChI is InChI=1S/C19H27FN2O7/c1-5-12(6-2)17(25)28-10-19(20)15(24)14(23)16(29-19)22-8-7-13(21-18(22)26)27-9-11(3)4/h7-8,12,14-16,23-24H,3,5-6,9-10H2,1-2,4H3/t14-,15+,16-,19-/m1/s1. The highest BCUT2D eigenvalue weighted by molar-refractivity contribution is 5.72. The highest BCUT2D eigenvalue weighted by Gasteiger charge is 2.57. The molecule has 2 N–H and O–H groups in total. The van der Waals surface area contributed by atoms with Crippen molar-refractivity contribution in [2.75, 3.05) is 13.2 Å². The summed E-state index contributed by atoms with van der Waals surface area (Å²) in [6, 6.07) is 1.33. The van der Waals surface area contributed by atoms with Crippen LogP contribution in [0.15, 0.2) is 29.2 Å². The molecule has 2 heterocycles. The molecule has 0 aromatic carbocycles. The number of aliphatic hydroxyl groups is 2. The fraction of sp³-hybridized carbons (Fsp3) is 0.632. The van der Waals surface area contributed by atoms with Gasteiger partial charge in [-0.3, -0.25) is 9.36 Å². The van der Waals surface area contributed by atoms with Crippen LogP contribution in [-0.2, 0) is 14.3 Å². The maximum atomic E-state index is 15.1. The Kier molecular flexibility index (Phi) is 7.50. The number of rotatable bonds is 9. The Bertz CT molecular complexity index is 795. The van der Waals surface area contributed by atoms with Crippen molar-refractivity contribution in [1.82, 2.24) is 9.55 Å². The number of carbonyl (C=O) groups excluding carboxylic acids is 1. The zero-order valence-electron chi connectivity index (χ0n) is 16.7. The van der Waals surface area contributed by atoms with E-state index in [0.29, 0.717) is 12.8 Å². The van der Waals surface area contributed by atoms with Gasteiger partial charge in [0.1, 0.15) is 18.8 Å². The lowest BCUT2D eigenvalue weighted by Crippen LogP contribution is -2.44. The van der Waals surface area contributed by atoms with Gasteiger partial charge in [-0.15, -0.1) is 0 Å². The highest BCUT2D eigenvalue weighted by atomic mass is 19.2. The molecule has 0 unspecified atom stereocenters. The van der Waals surface area contributed by atoms with Gasteiger partial charge in [-0.25, -0.2) is 9.18 Å². The van der Waals surface area contributed by atoms with E-state index < -0.39 is 48.5 Å². The second kappa shape index (κ2) is 9.47. The molecule has 0 radical (unpaired) electrons. The lowest BCUT2D eigenvalue weighted by molar-refractivity contribution is -0.218. The molecule has 10 heteroatoms. The SMILES string of the molecule is C=C(C)COc1ccn([C@@H]2O[C@](F)(COC(=O)C(CC)CC)[C@@H](O)[C@H]2O)c(=O)n1. The van der Waals surface area contributed by atoms with E-state index in [1.807, 2.05) is 0 Å². The van der Waals surface area contributed by atoms with E-state index in [1.54, 1.807) is 20.8 Å². The summed E-state index contributed by atoms with van der Waals surface area (Å²) in [6.45, 7) is 8.24. The third-order valence-electron chi connectivity index (χ3n) is 4.65. The highest BCUT2D eigenvalue weighted by Crippen LogP contribution is 2.38. The van der Waals surface area contributed by atoms with Crippen molar-refractivity contribution in [1.29, 1.82) is 0 Å². The summed E-state index contributed by atoms with van der Waals surface area (Å²) in [5.41, 5.74) is -0.155. The van der Waals surface area contributed by atoms with Gasteiger partial charge in [0.2, 0.25) is 5.88 Å². The monoisotopic (exact) mass is 414 g/mol. The summed E-state index contributed by atoms with van der Waals surface area (Å²) in [4.78, 5) is 27.9. The summed E-state index contributed by atoms with van der Waals surface area (Å²) in [7, 11) is 0. The summed E-state index contributed by atoms with van der Waals surface area (Å²) in [5.74, 6) is -3.89. The lowest BCUT2D eigenvalue weighted by Gasteiger charge is -2.23. The van der Waals surface area contributed by atoms with Crippen LogP contribution < -0.4 is 10.4 Å². The largest absolute Gasteiger partial charge is 0.473 e. The van der Waals surface area contributed by atoms with Gasteiger partial charge in [-0.1, -0.05) is 20.4 Å². The molecule has 2 rings (SSSR count). The first-order valence-electron chi connectivity index (χ1n) is 9.38. The molecule has 0 aliphatic carbocycles. The third kappa shape index (κ3) is 5.20. The van der Waals surface area contributed by atoms with E-state index in [9.17, 15) is 19.8 Å². The maximum Gasteiger partial charge on any atom is 0.353 e. The van der Waals surface area contributed by atoms with Crippen molar-refractivity contribution in [3.63, 3.8) is 0 Å². The average Bonchev–Trinajstić information content (AvgIpc) is 2.90. The Morgan fingerprint density at radius 2 is 2.10 bits per heavy atom. The molecule has 1 fully saturated rings. The number of halogens is 1. The minimum absolute atomic E-state index is 0.0212. The second-order valence-electron chi connectivity index (χ2n) is 7.05. The van der Waals surface area contributed by atoms with Crippen molar-refractivity contribution in [3.05, 3.63) is 34.9 Å². The van der Waals surface area contributed by atoms with Crippen LogP contribution in [0.4, 0.5) is 4.39 Å². The van der Waals surface area contributed by atoms with Crippen LogP contribution in [0.2, 0.25) is 0 Å². The van der Waals surface area contributed by atoms with Gasteiger partial charge in [-0.05, 0) is 25.3 Å². The zero-order chi connectivity index (χ0) is 21.8. The van der Waals surface area contributed by atoms with Crippen LogP contribution >= 0.6 is 0 Å². The smallest absolute Gasteiger partial charge is 0.353 e. The van der Waals surface area contributed by atoms with Crippen LogP contribution in [0.25, 0.3) is 0 Å². The van der Waals surface area contributed by atoms with E-state index in [4.69, 9.17) is 14.2 Å². The van der Waals surface area contributed by atoms with Crippen LogP contribution in [0.5, 0.6) is 5.88 Å². The maximum absolute atomic E-state index is 15.1. The average molecular weight is 414 g/mol. The Hall–Kier alpha value is -2.30. The summed E-state index contributed by atoms with van der Waals surface area (Å²) >= 11 is 0. The number of aromatic nitrogens is 2. The van der Waals surface area contributed by atoms with E-state index in [1.165, 1.54) is 12.3 Å². The fourth-order valence-electron chi connectivity index (χ4n) is 2.87. The number of esters is 1. The van der Waals surface area contributed by atoms with Gasteiger partial charge in [0.15, 0.2) is 12.8 Å². The molecule has 1 saturated heterocycles. The number of carbonyl (C=O) groups is 1. The van der Waals surface area contributed by atoms with E-state index in [0.717, 1.165) is 10.1 Å². The fourth-order valence-corrected chi connectivity index (χ4v) is 2.87. The van der Waals surface area contributed by atoms with Gasteiger partial charge in [-0.2, -0.15) is 4.98 Å². The topological polar surface area (TPSA) is 120 Å². The van der Waals surface area contributed by atoms with Crippen molar-refractivity contribution in [2.24, 2.45) is 5.92 Å². The summed E-state index contributed by atoms with van der Waals surface area (Å²) in [6.07, 6.45) is -3.14. The molecule has 162 valence electrons. The Balaban J connectivity index is 2.13. The minimum atomic E-state index is -2.87. The first-order chi connectivity index (χ1) is 13.6. The number of hydrogen-bond donors (Lipinski definition) is 2. The van der Waals surface area contributed by atoms with Crippen LogP contribution in [0.1, 0.15) is 39.8 Å². The van der Waals surface area contributed by atoms with Crippen LogP contribution in [-0.4, -0.2) is 57.0 Å². The first kappa shape index (κ1) is 23.0. The van der Waals surface area contributed by atoms with E-state index in [2.05, 4.69) is 11.6 Å². The molecule has 0 spiro atoms. The summed E-state index contributed by atoms with van der Waals surface area (Å²) < 4.78 is 31.2. The quantitative estimate of drug-likeness (QED) is 0.455. The minimum Gasteiger partial charge on any atom is -0.473 e. The number of aliphatic hydroxyl groups excluding tert-OH is 2. The molecule has 0 amide bonds. The number of hydrogen-bond acceptors (Lipinski definition) is 8. The Labute approximate surface area is 167 Å². The van der Waals surface area contributed by atoms with Crippen LogP contribution in [0.3, 0.4) is 0 Å². The van der Waals surface area contributed by atoms with Gasteiger partial charge in [0.05, 0.1) is 5.92 Å². The van der Waals surface area contributed by atoms with Crippen molar-refractivity contribution < 1.29 is 33.6 Å². The first-order valence-corrected chi connectivity index (χ1v) is 9.38. The van der Waals surface area contributed by atoms with Gasteiger partial charge in [0.25, 0.3) is 5.85 Å². The Morgan fingerprint density at radius 1 is 1.45 bits per heavy atom. The predicted molar refractivity (Wildman–Crippen MR) is 99.8 cm³/mol. The Morgan fingerprint density at radius 3 is 2.66 bits per heavy atom. The molecule has 29 heavy (non-hydrogen) atoms. The molecule has 4 atom stereocenters. The normalized spacial score (nSPS) is 26.5. The molecule has 1 aliphatic rings. The van der Waals surface area contributed by atoms with Gasteiger partial charge >= 0.3 is 11.7 Å². The zero-order valence-corrected chi connectivity index (χ0v) is 16.7. The molecule has 0 saturated carbocycles. The van der Waals surface area contributed by atoms with Crippen molar-refractivity contribution in [3.8, 4) is 5.88 Å². The lowest BCUT2D eigenvalue weighted by atomic mass is 10.0. The number of ether oxygens (including phenoxy) is 3. The van der Waals surface area contributed by atoms with Crippen molar-refractivity contribution >= 4 is 5.97 Å². The molecule has 9 nitrogen and oxygen atoms in total.